The van der Waals surface area contributed by atoms with Gasteiger partial charge in [0.05, 0.1) is 23.1 Å². The van der Waals surface area contributed by atoms with Crippen molar-refractivity contribution in [3.05, 3.63) is 87.3 Å². The maximum absolute atomic E-state index is 13.1. The number of nitrogens with one attached hydrogen (secondary N) is 1. The maximum atomic E-state index is 13.1. The van der Waals surface area contributed by atoms with Gasteiger partial charge in [0.25, 0.3) is 11.5 Å². The highest BCUT2D eigenvalue weighted by Gasteiger charge is 2.20. The van der Waals surface area contributed by atoms with Crippen LogP contribution < -0.4 is 15.8 Å². The largest absolute Gasteiger partial charge is 0.369 e. The van der Waals surface area contributed by atoms with E-state index in [4.69, 9.17) is 0 Å². The summed E-state index contributed by atoms with van der Waals surface area (Å²) in [6, 6.07) is 17.7. The number of amides is 1. The Balaban J connectivity index is 1.34. The van der Waals surface area contributed by atoms with Crippen LogP contribution in [0.1, 0.15) is 20.8 Å². The molecular weight excluding hydrogens is 446 g/mol. The van der Waals surface area contributed by atoms with Crippen LogP contribution in [0.4, 0.5) is 11.4 Å². The van der Waals surface area contributed by atoms with Crippen molar-refractivity contribution in [1.29, 1.82) is 0 Å². The van der Waals surface area contributed by atoms with Crippen molar-refractivity contribution >= 4 is 38.8 Å². The summed E-state index contributed by atoms with van der Waals surface area (Å²) < 4.78 is 1.59. The molecule has 0 aliphatic carbocycles. The molecule has 34 heavy (non-hydrogen) atoms. The molecule has 0 radical (unpaired) electrons. The standard InChI is InChI=1S/C26H27N5O2S/c1-18-22-25(27-17-31(26(22)33)16-19-6-4-3-5-7-19)34-23(18)24(32)28-20-8-10-21(11-9-20)30-14-12-29(2)13-15-30/h3-11,17H,12-16H2,1-2H3,(H,28,32). The van der Waals surface area contributed by atoms with Crippen LogP contribution in [0, 0.1) is 6.92 Å². The Labute approximate surface area is 202 Å². The van der Waals surface area contributed by atoms with Crippen molar-refractivity contribution < 1.29 is 4.79 Å². The first-order valence-electron chi connectivity index (χ1n) is 11.4. The van der Waals surface area contributed by atoms with Gasteiger partial charge in [-0.15, -0.1) is 11.3 Å². The fourth-order valence-electron chi connectivity index (χ4n) is 4.28. The molecule has 0 saturated carbocycles. The highest BCUT2D eigenvalue weighted by molar-refractivity contribution is 7.20. The molecular formula is C26H27N5O2S. The molecule has 1 fully saturated rings. The van der Waals surface area contributed by atoms with Crippen LogP contribution in [-0.2, 0) is 6.54 Å². The van der Waals surface area contributed by atoms with E-state index in [9.17, 15) is 9.59 Å². The summed E-state index contributed by atoms with van der Waals surface area (Å²) in [5.74, 6) is -0.221. The van der Waals surface area contributed by atoms with Gasteiger partial charge < -0.3 is 15.1 Å². The number of anilines is 2. The van der Waals surface area contributed by atoms with E-state index in [2.05, 4.69) is 27.1 Å². The highest BCUT2D eigenvalue weighted by Crippen LogP contribution is 2.28. The SMILES string of the molecule is Cc1c(C(=O)Nc2ccc(N3CCN(C)CC3)cc2)sc2ncn(Cc3ccccc3)c(=O)c12. The second-order valence-electron chi connectivity index (χ2n) is 8.69. The molecule has 5 rings (SSSR count). The molecule has 174 valence electrons. The third-order valence-corrected chi connectivity index (χ3v) is 7.51. The molecule has 2 aromatic carbocycles. The Morgan fingerprint density at radius 1 is 1.03 bits per heavy atom. The van der Waals surface area contributed by atoms with E-state index in [-0.39, 0.29) is 11.5 Å². The molecule has 2 aromatic heterocycles. The number of aryl methyl sites for hydroxylation is 1. The topological polar surface area (TPSA) is 70.5 Å². The Kier molecular flexibility index (Phi) is 6.17. The number of rotatable bonds is 5. The summed E-state index contributed by atoms with van der Waals surface area (Å²) in [5.41, 5.74) is 3.46. The number of likely N-dealkylation sites (N-methyl/N-ethyl adjacent to an activating group) is 1. The van der Waals surface area contributed by atoms with Gasteiger partial charge in [0.1, 0.15) is 4.83 Å². The van der Waals surface area contributed by atoms with Crippen LogP contribution in [0.3, 0.4) is 0 Å². The lowest BCUT2D eigenvalue weighted by molar-refractivity contribution is 0.103. The number of fused-ring (bicyclic) bond motifs is 1. The summed E-state index contributed by atoms with van der Waals surface area (Å²) >= 11 is 1.26. The average molecular weight is 474 g/mol. The maximum Gasteiger partial charge on any atom is 0.266 e. The number of hydrogen-bond donors (Lipinski definition) is 1. The third-order valence-electron chi connectivity index (χ3n) is 6.31. The van der Waals surface area contributed by atoms with E-state index in [1.807, 2.05) is 61.5 Å². The zero-order valence-corrected chi connectivity index (χ0v) is 20.1. The van der Waals surface area contributed by atoms with Crippen molar-refractivity contribution in [3.63, 3.8) is 0 Å². The lowest BCUT2D eigenvalue weighted by Gasteiger charge is -2.34. The minimum absolute atomic E-state index is 0.127. The zero-order valence-electron chi connectivity index (χ0n) is 19.3. The molecule has 0 atom stereocenters. The number of benzene rings is 2. The van der Waals surface area contributed by atoms with Gasteiger partial charge in [0, 0.05) is 37.6 Å². The fourth-order valence-corrected chi connectivity index (χ4v) is 5.31. The number of carbonyl (C=O) groups excluding carboxylic acids is 1. The van der Waals surface area contributed by atoms with Gasteiger partial charge in [-0.1, -0.05) is 30.3 Å². The summed E-state index contributed by atoms with van der Waals surface area (Å²) in [6.07, 6.45) is 1.56. The summed E-state index contributed by atoms with van der Waals surface area (Å²) in [6.45, 7) is 6.35. The van der Waals surface area contributed by atoms with Gasteiger partial charge in [-0.3, -0.25) is 14.2 Å². The van der Waals surface area contributed by atoms with Crippen molar-refractivity contribution in [3.8, 4) is 0 Å². The first-order valence-corrected chi connectivity index (χ1v) is 12.2. The van der Waals surface area contributed by atoms with Crippen molar-refractivity contribution in [2.45, 2.75) is 13.5 Å². The first kappa shape index (κ1) is 22.3. The van der Waals surface area contributed by atoms with Crippen molar-refractivity contribution in [2.75, 3.05) is 43.4 Å². The van der Waals surface area contributed by atoms with E-state index in [1.165, 1.54) is 11.3 Å². The number of aromatic nitrogens is 2. The van der Waals surface area contributed by atoms with Gasteiger partial charge >= 0.3 is 0 Å². The van der Waals surface area contributed by atoms with Crippen LogP contribution in [0.15, 0.2) is 65.7 Å². The third kappa shape index (κ3) is 4.47. The van der Waals surface area contributed by atoms with Crippen LogP contribution in [0.2, 0.25) is 0 Å². The summed E-state index contributed by atoms with van der Waals surface area (Å²) in [4.78, 5) is 36.5. The molecule has 3 heterocycles. The van der Waals surface area contributed by atoms with Gasteiger partial charge in [0.2, 0.25) is 0 Å². The fraction of sp³-hybridized carbons (Fsp3) is 0.269. The van der Waals surface area contributed by atoms with Gasteiger partial charge in [-0.2, -0.15) is 0 Å². The molecule has 8 heteroatoms. The molecule has 1 saturated heterocycles. The minimum Gasteiger partial charge on any atom is -0.369 e. The monoisotopic (exact) mass is 473 g/mol. The predicted molar refractivity (Wildman–Crippen MR) is 138 cm³/mol. The molecule has 7 nitrogen and oxygen atoms in total. The molecule has 1 amide bonds. The zero-order chi connectivity index (χ0) is 23.7. The van der Waals surface area contributed by atoms with Crippen molar-refractivity contribution in [2.24, 2.45) is 0 Å². The number of carbonyl (C=O) groups is 1. The highest BCUT2D eigenvalue weighted by atomic mass is 32.1. The number of piperazine rings is 1. The quantitative estimate of drug-likeness (QED) is 0.477. The predicted octanol–water partition coefficient (Wildman–Crippen LogP) is 3.82. The van der Waals surface area contributed by atoms with E-state index in [0.29, 0.717) is 27.2 Å². The van der Waals surface area contributed by atoms with Gasteiger partial charge in [-0.05, 0) is 49.4 Å². The number of hydrogen-bond acceptors (Lipinski definition) is 6. The lowest BCUT2D eigenvalue weighted by atomic mass is 10.2. The Morgan fingerprint density at radius 3 is 2.44 bits per heavy atom. The van der Waals surface area contributed by atoms with Gasteiger partial charge in [0.15, 0.2) is 0 Å². The molecule has 1 aliphatic rings. The molecule has 1 aliphatic heterocycles. The van der Waals surface area contributed by atoms with Crippen molar-refractivity contribution in [1.82, 2.24) is 14.5 Å². The van der Waals surface area contributed by atoms with Crippen LogP contribution in [0.25, 0.3) is 10.2 Å². The Morgan fingerprint density at radius 2 is 1.74 bits per heavy atom. The summed E-state index contributed by atoms with van der Waals surface area (Å²) in [7, 11) is 2.14. The average Bonchev–Trinajstić information content (AvgIpc) is 3.20. The molecule has 0 bridgehead atoms. The molecule has 0 unspecified atom stereocenters. The number of thiophene rings is 1. The molecule has 1 N–H and O–H groups in total. The minimum atomic E-state index is -0.221. The lowest BCUT2D eigenvalue weighted by Crippen LogP contribution is -2.44. The number of nitrogens with zero attached hydrogens (tertiary/aromatic N) is 4. The first-order chi connectivity index (χ1) is 16.5. The van der Waals surface area contributed by atoms with Gasteiger partial charge in [-0.25, -0.2) is 4.98 Å². The Bertz CT molecular complexity index is 1370. The molecule has 0 spiro atoms. The van der Waals surface area contributed by atoms with E-state index < -0.39 is 0 Å². The van der Waals surface area contributed by atoms with E-state index in [0.717, 1.165) is 43.1 Å². The molecule has 4 aromatic rings. The van der Waals surface area contributed by atoms with Crippen LogP contribution in [-0.4, -0.2) is 53.6 Å². The second-order valence-corrected chi connectivity index (χ2v) is 9.69. The van der Waals surface area contributed by atoms with E-state index in [1.54, 1.807) is 10.9 Å². The van der Waals surface area contributed by atoms with Crippen LogP contribution >= 0.6 is 11.3 Å². The summed E-state index contributed by atoms with van der Waals surface area (Å²) in [5, 5.41) is 3.49. The second kappa shape index (κ2) is 9.40. The normalized spacial score (nSPS) is 14.5. The van der Waals surface area contributed by atoms with Crippen LogP contribution in [0.5, 0.6) is 0 Å². The Hall–Kier alpha value is -3.49. The smallest absolute Gasteiger partial charge is 0.266 e. The van der Waals surface area contributed by atoms with E-state index >= 15 is 0 Å².